The summed E-state index contributed by atoms with van der Waals surface area (Å²) in [5.41, 5.74) is 6.94. The average molecular weight is 237 g/mol. The second kappa shape index (κ2) is 5.86. The average Bonchev–Trinajstić information content (AvgIpc) is 2.46. The SMILES string of the molecule is C=CC1=CC(c2cccc(CC)c2CC)=CC[CH]1. The highest BCUT2D eigenvalue weighted by atomic mass is 14.2. The Morgan fingerprint density at radius 1 is 1.22 bits per heavy atom. The van der Waals surface area contributed by atoms with Crippen molar-refractivity contribution in [3.05, 3.63) is 71.7 Å². The smallest absolute Gasteiger partial charge is 0.00552 e. The molecule has 18 heavy (non-hydrogen) atoms. The molecule has 1 aromatic rings. The molecule has 0 aromatic heterocycles. The maximum Gasteiger partial charge on any atom is -0.00552 e. The van der Waals surface area contributed by atoms with Crippen molar-refractivity contribution < 1.29 is 0 Å². The summed E-state index contributed by atoms with van der Waals surface area (Å²) in [6.07, 6.45) is 11.9. The van der Waals surface area contributed by atoms with E-state index in [4.69, 9.17) is 0 Å². The van der Waals surface area contributed by atoms with E-state index in [0.29, 0.717) is 0 Å². The number of hydrogen-bond acceptors (Lipinski definition) is 0. The molecule has 0 N–H and O–H groups in total. The van der Waals surface area contributed by atoms with Gasteiger partial charge in [-0.3, -0.25) is 0 Å². The summed E-state index contributed by atoms with van der Waals surface area (Å²) in [5, 5.41) is 0. The molecule has 0 unspecified atom stereocenters. The Hall–Kier alpha value is -1.56. The van der Waals surface area contributed by atoms with Crippen LogP contribution in [0.1, 0.15) is 37.0 Å². The van der Waals surface area contributed by atoms with Crippen molar-refractivity contribution >= 4 is 5.57 Å². The van der Waals surface area contributed by atoms with Crippen LogP contribution in [0, 0.1) is 6.42 Å². The summed E-state index contributed by atoms with van der Waals surface area (Å²) in [7, 11) is 0. The van der Waals surface area contributed by atoms with Crippen LogP contribution in [0.2, 0.25) is 0 Å². The van der Waals surface area contributed by atoms with Crippen LogP contribution in [-0.4, -0.2) is 0 Å². The zero-order chi connectivity index (χ0) is 13.0. The van der Waals surface area contributed by atoms with Gasteiger partial charge in [0, 0.05) is 0 Å². The van der Waals surface area contributed by atoms with E-state index in [9.17, 15) is 0 Å². The third-order valence-electron chi connectivity index (χ3n) is 3.57. The molecule has 0 amide bonds. The molecule has 0 atom stereocenters. The molecule has 0 aliphatic heterocycles. The van der Waals surface area contributed by atoms with Crippen LogP contribution >= 0.6 is 0 Å². The summed E-state index contributed by atoms with van der Waals surface area (Å²) in [4.78, 5) is 0. The molecular formula is C18H21. The van der Waals surface area contributed by atoms with Crippen LogP contribution < -0.4 is 0 Å². The first-order chi connectivity index (χ1) is 8.80. The van der Waals surface area contributed by atoms with Gasteiger partial charge >= 0.3 is 0 Å². The van der Waals surface area contributed by atoms with Gasteiger partial charge in [-0.25, -0.2) is 0 Å². The molecule has 0 saturated heterocycles. The Kier molecular flexibility index (Phi) is 4.19. The van der Waals surface area contributed by atoms with Gasteiger partial charge in [0.05, 0.1) is 0 Å². The predicted molar refractivity (Wildman–Crippen MR) is 80.4 cm³/mol. The Bertz CT molecular complexity index is 501. The maximum atomic E-state index is 3.86. The number of aryl methyl sites for hydroxylation is 1. The van der Waals surface area contributed by atoms with Crippen molar-refractivity contribution in [1.82, 2.24) is 0 Å². The normalized spacial score (nSPS) is 15.0. The predicted octanol–water partition coefficient (Wildman–Crippen LogP) is 4.92. The number of benzene rings is 1. The van der Waals surface area contributed by atoms with Crippen LogP contribution in [0.4, 0.5) is 0 Å². The van der Waals surface area contributed by atoms with Crippen LogP contribution in [0.5, 0.6) is 0 Å². The van der Waals surface area contributed by atoms with Crippen LogP contribution in [0.25, 0.3) is 5.57 Å². The maximum absolute atomic E-state index is 3.86. The Balaban J connectivity index is 2.48. The molecule has 0 spiro atoms. The lowest BCUT2D eigenvalue weighted by Crippen LogP contribution is -1.99. The molecular weight excluding hydrogens is 216 g/mol. The van der Waals surface area contributed by atoms with E-state index in [1.54, 1.807) is 0 Å². The summed E-state index contributed by atoms with van der Waals surface area (Å²) in [5.74, 6) is 0. The van der Waals surface area contributed by atoms with Gasteiger partial charge in [-0.2, -0.15) is 0 Å². The van der Waals surface area contributed by atoms with E-state index in [1.165, 1.54) is 27.8 Å². The van der Waals surface area contributed by atoms with Gasteiger partial charge in [-0.1, -0.05) is 56.9 Å². The minimum Gasteiger partial charge on any atom is -0.0988 e. The van der Waals surface area contributed by atoms with Crippen molar-refractivity contribution in [2.24, 2.45) is 0 Å². The molecule has 0 heteroatoms. The molecule has 1 aliphatic carbocycles. The van der Waals surface area contributed by atoms with Crippen LogP contribution in [0.3, 0.4) is 0 Å². The van der Waals surface area contributed by atoms with Gasteiger partial charge in [0.2, 0.25) is 0 Å². The largest absolute Gasteiger partial charge is 0.0988 e. The van der Waals surface area contributed by atoms with Gasteiger partial charge in [0.1, 0.15) is 0 Å². The molecule has 2 rings (SSSR count). The second-order valence-electron chi connectivity index (χ2n) is 4.60. The lowest BCUT2D eigenvalue weighted by atomic mass is 9.88. The van der Waals surface area contributed by atoms with Gasteiger partial charge in [-0.05, 0) is 53.5 Å². The number of hydrogen-bond donors (Lipinski definition) is 0. The standard InChI is InChI=1S/C18H21/c1-4-14-9-7-11-16(13-14)18-12-8-10-15(5-2)17(18)6-3/h4,8-13H,1,5-7H2,2-3H3. The van der Waals surface area contributed by atoms with Crippen LogP contribution in [0.15, 0.2) is 48.6 Å². The van der Waals surface area contributed by atoms with Crippen LogP contribution in [-0.2, 0) is 12.8 Å². The van der Waals surface area contributed by atoms with Crippen molar-refractivity contribution in [1.29, 1.82) is 0 Å². The fourth-order valence-electron chi connectivity index (χ4n) is 2.60. The molecule has 0 saturated carbocycles. The molecule has 0 nitrogen and oxygen atoms in total. The van der Waals surface area contributed by atoms with E-state index in [2.05, 4.69) is 57.2 Å². The lowest BCUT2D eigenvalue weighted by Gasteiger charge is -2.17. The summed E-state index contributed by atoms with van der Waals surface area (Å²) < 4.78 is 0. The molecule has 1 radical (unpaired) electrons. The second-order valence-corrected chi connectivity index (χ2v) is 4.60. The highest BCUT2D eigenvalue weighted by Gasteiger charge is 2.11. The minimum absolute atomic E-state index is 1.01. The topological polar surface area (TPSA) is 0 Å². The Morgan fingerprint density at radius 3 is 2.72 bits per heavy atom. The van der Waals surface area contributed by atoms with Crippen molar-refractivity contribution in [2.45, 2.75) is 33.1 Å². The third-order valence-corrected chi connectivity index (χ3v) is 3.57. The number of rotatable bonds is 4. The molecule has 0 fully saturated rings. The lowest BCUT2D eigenvalue weighted by molar-refractivity contribution is 1.03. The zero-order valence-electron chi connectivity index (χ0n) is 11.4. The Labute approximate surface area is 111 Å². The van der Waals surface area contributed by atoms with E-state index >= 15 is 0 Å². The summed E-state index contributed by atoms with van der Waals surface area (Å²) in [6.45, 7) is 8.33. The van der Waals surface area contributed by atoms with Crippen molar-refractivity contribution in [2.75, 3.05) is 0 Å². The molecule has 0 heterocycles. The minimum atomic E-state index is 1.01. The summed E-state index contributed by atoms with van der Waals surface area (Å²) in [6, 6.07) is 6.66. The quantitative estimate of drug-likeness (QED) is 0.697. The van der Waals surface area contributed by atoms with Crippen molar-refractivity contribution in [3.8, 4) is 0 Å². The van der Waals surface area contributed by atoms with Gasteiger partial charge in [0.15, 0.2) is 0 Å². The molecule has 0 bridgehead atoms. The van der Waals surface area contributed by atoms with E-state index < -0.39 is 0 Å². The third kappa shape index (κ3) is 2.48. The fraction of sp³-hybridized carbons (Fsp3) is 0.278. The molecule has 1 aliphatic rings. The zero-order valence-corrected chi connectivity index (χ0v) is 11.4. The highest BCUT2D eigenvalue weighted by Crippen LogP contribution is 2.29. The highest BCUT2D eigenvalue weighted by molar-refractivity contribution is 5.79. The Morgan fingerprint density at radius 2 is 2.06 bits per heavy atom. The van der Waals surface area contributed by atoms with Gasteiger partial charge in [-0.15, -0.1) is 0 Å². The van der Waals surface area contributed by atoms with E-state index in [0.717, 1.165) is 19.3 Å². The first-order valence-corrected chi connectivity index (χ1v) is 6.78. The first kappa shape index (κ1) is 12.9. The first-order valence-electron chi connectivity index (χ1n) is 6.78. The molecule has 1 aromatic carbocycles. The monoisotopic (exact) mass is 237 g/mol. The fourth-order valence-corrected chi connectivity index (χ4v) is 2.60. The number of allylic oxidation sites excluding steroid dienone is 5. The summed E-state index contributed by atoms with van der Waals surface area (Å²) >= 11 is 0. The van der Waals surface area contributed by atoms with Gasteiger partial charge < -0.3 is 0 Å². The molecule has 93 valence electrons. The van der Waals surface area contributed by atoms with E-state index in [1.807, 2.05) is 6.08 Å². The van der Waals surface area contributed by atoms with E-state index in [-0.39, 0.29) is 0 Å². The van der Waals surface area contributed by atoms with Crippen molar-refractivity contribution in [3.63, 3.8) is 0 Å². The van der Waals surface area contributed by atoms with Gasteiger partial charge in [0.25, 0.3) is 0 Å².